The molecule has 0 spiro atoms. The third-order valence-electron chi connectivity index (χ3n) is 12.4. The third-order valence-corrected chi connectivity index (χ3v) is 12.4. The van der Waals surface area contributed by atoms with Gasteiger partial charge in [0.1, 0.15) is 0 Å². The Morgan fingerprint density at radius 1 is 0.390 bits per heavy atom. The monoisotopic (exact) mass is 754 g/mol. The van der Waals surface area contributed by atoms with E-state index in [2.05, 4.69) is 242 Å². The maximum atomic E-state index is 2.51. The average molecular weight is 755 g/mol. The molecule has 1 aromatic heterocycles. The van der Waals surface area contributed by atoms with E-state index in [-0.39, 0.29) is 5.41 Å². The van der Waals surface area contributed by atoms with Gasteiger partial charge in [0.15, 0.2) is 0 Å². The number of nitrogens with zero attached hydrogens (tertiary/aromatic N) is 2. The van der Waals surface area contributed by atoms with E-state index < -0.39 is 0 Å². The van der Waals surface area contributed by atoms with Gasteiger partial charge in [-0.15, -0.1) is 0 Å². The number of aromatic nitrogens is 1. The minimum atomic E-state index is -0.147. The van der Waals surface area contributed by atoms with Crippen LogP contribution in [0.1, 0.15) is 25.0 Å². The first-order valence-corrected chi connectivity index (χ1v) is 20.5. The second-order valence-corrected chi connectivity index (χ2v) is 16.1. The normalized spacial score (nSPS) is 12.7. The summed E-state index contributed by atoms with van der Waals surface area (Å²) in [7, 11) is 0. The average Bonchev–Trinajstić information content (AvgIpc) is 3.76. The molecule has 0 saturated carbocycles. The van der Waals surface area contributed by atoms with Gasteiger partial charge in [-0.1, -0.05) is 190 Å². The van der Waals surface area contributed by atoms with Crippen molar-refractivity contribution < 1.29 is 0 Å². The fourth-order valence-corrected chi connectivity index (χ4v) is 9.71. The molecule has 2 heteroatoms. The van der Waals surface area contributed by atoms with Crippen molar-refractivity contribution in [3.05, 3.63) is 230 Å². The van der Waals surface area contributed by atoms with Crippen molar-refractivity contribution in [2.24, 2.45) is 0 Å². The molecule has 0 radical (unpaired) electrons. The van der Waals surface area contributed by atoms with Crippen LogP contribution in [0.15, 0.2) is 218 Å². The molecule has 0 atom stereocenters. The van der Waals surface area contributed by atoms with Gasteiger partial charge in [-0.2, -0.15) is 0 Å². The van der Waals surface area contributed by atoms with Crippen LogP contribution in [0.3, 0.4) is 0 Å². The maximum Gasteiger partial charge on any atom is 0.0562 e. The van der Waals surface area contributed by atoms with Crippen LogP contribution in [-0.2, 0) is 5.41 Å². The van der Waals surface area contributed by atoms with E-state index in [0.29, 0.717) is 0 Å². The van der Waals surface area contributed by atoms with Crippen LogP contribution in [-0.4, -0.2) is 4.57 Å². The van der Waals surface area contributed by atoms with E-state index in [4.69, 9.17) is 0 Å². The van der Waals surface area contributed by atoms with Gasteiger partial charge >= 0.3 is 0 Å². The van der Waals surface area contributed by atoms with E-state index in [1.165, 1.54) is 71.9 Å². The van der Waals surface area contributed by atoms with Crippen LogP contribution in [0.2, 0.25) is 0 Å². The number of hydrogen-bond acceptors (Lipinski definition) is 1. The number of benzene rings is 9. The first kappa shape index (κ1) is 34.8. The smallest absolute Gasteiger partial charge is 0.0562 e. The summed E-state index contributed by atoms with van der Waals surface area (Å²) in [5, 5.41) is 2.41. The second kappa shape index (κ2) is 13.9. The Hall–Kier alpha value is -7.42. The maximum absolute atomic E-state index is 2.51. The van der Waals surface area contributed by atoms with Crippen LogP contribution in [0.25, 0.3) is 72.0 Å². The van der Waals surface area contributed by atoms with Gasteiger partial charge in [0.25, 0.3) is 0 Å². The van der Waals surface area contributed by atoms with Crippen LogP contribution < -0.4 is 4.90 Å². The standard InChI is InChI=1S/C57H42N2/c1-57(2)48-30-15-12-27-45(48)46-37-36-42(38-49(46)57)58(50-31-16-13-26-43(50)39-20-6-3-7-21-39)53-34-19-35-54-56(53)47-28-14-17-32-51(47)59(54)52-33-18-29-44(40-22-8-4-9-23-40)55(52)41-24-10-5-11-25-41/h3-38H,1-2H3. The van der Waals surface area contributed by atoms with Gasteiger partial charge in [0.2, 0.25) is 0 Å². The van der Waals surface area contributed by atoms with Crippen LogP contribution in [0.5, 0.6) is 0 Å². The van der Waals surface area contributed by atoms with Crippen molar-refractivity contribution in [1.82, 2.24) is 4.57 Å². The summed E-state index contributed by atoms with van der Waals surface area (Å²) in [5.41, 5.74) is 19.2. The Labute approximate surface area is 345 Å². The van der Waals surface area contributed by atoms with Gasteiger partial charge in [0.05, 0.1) is 28.1 Å². The molecule has 0 N–H and O–H groups in total. The minimum absolute atomic E-state index is 0.147. The highest BCUT2D eigenvalue weighted by Crippen LogP contribution is 2.53. The molecule has 0 unspecified atom stereocenters. The molecule has 0 amide bonds. The Balaban J connectivity index is 1.22. The molecule has 10 aromatic rings. The minimum Gasteiger partial charge on any atom is -0.309 e. The quantitative estimate of drug-likeness (QED) is 0.157. The van der Waals surface area contributed by atoms with Gasteiger partial charge in [-0.25, -0.2) is 0 Å². The number of fused-ring (bicyclic) bond motifs is 6. The summed E-state index contributed by atoms with van der Waals surface area (Å²) in [5.74, 6) is 0. The second-order valence-electron chi connectivity index (χ2n) is 16.1. The van der Waals surface area contributed by atoms with Crippen LogP contribution >= 0.6 is 0 Å². The lowest BCUT2D eigenvalue weighted by Gasteiger charge is -2.30. The Bertz CT molecular complexity index is 3170. The highest BCUT2D eigenvalue weighted by atomic mass is 15.2. The molecule has 9 aromatic carbocycles. The van der Waals surface area contributed by atoms with E-state index in [1.807, 2.05) is 0 Å². The Morgan fingerprint density at radius 3 is 1.69 bits per heavy atom. The number of rotatable bonds is 7. The molecule has 0 saturated heterocycles. The summed E-state index contributed by atoms with van der Waals surface area (Å²) in [6, 6.07) is 79.9. The summed E-state index contributed by atoms with van der Waals surface area (Å²) in [4.78, 5) is 2.51. The highest BCUT2D eigenvalue weighted by molar-refractivity contribution is 6.17. The lowest BCUT2D eigenvalue weighted by molar-refractivity contribution is 0.660. The molecular formula is C57H42N2. The van der Waals surface area contributed by atoms with E-state index in [1.54, 1.807) is 0 Å². The molecular weight excluding hydrogens is 713 g/mol. The van der Waals surface area contributed by atoms with Gasteiger partial charge in [-0.3, -0.25) is 0 Å². The predicted molar refractivity (Wildman–Crippen MR) is 249 cm³/mol. The van der Waals surface area contributed by atoms with Crippen molar-refractivity contribution in [3.8, 4) is 50.2 Å². The van der Waals surface area contributed by atoms with E-state index in [9.17, 15) is 0 Å². The summed E-state index contributed by atoms with van der Waals surface area (Å²) < 4.78 is 2.49. The molecule has 280 valence electrons. The van der Waals surface area contributed by atoms with Crippen molar-refractivity contribution in [2.45, 2.75) is 19.3 Å². The lowest BCUT2D eigenvalue weighted by atomic mass is 9.82. The highest BCUT2D eigenvalue weighted by Gasteiger charge is 2.36. The molecule has 59 heavy (non-hydrogen) atoms. The zero-order chi connectivity index (χ0) is 39.5. The topological polar surface area (TPSA) is 8.17 Å². The molecule has 1 heterocycles. The molecule has 0 bridgehead atoms. The van der Waals surface area contributed by atoms with Gasteiger partial charge in [-0.05, 0) is 87.0 Å². The molecule has 1 aliphatic carbocycles. The van der Waals surface area contributed by atoms with E-state index >= 15 is 0 Å². The first-order valence-electron chi connectivity index (χ1n) is 20.5. The van der Waals surface area contributed by atoms with Crippen molar-refractivity contribution in [3.63, 3.8) is 0 Å². The zero-order valence-corrected chi connectivity index (χ0v) is 33.2. The predicted octanol–water partition coefficient (Wildman–Crippen LogP) is 15.6. The zero-order valence-electron chi connectivity index (χ0n) is 33.2. The SMILES string of the molecule is CC1(C)c2ccccc2-c2ccc(N(c3ccccc3-c3ccccc3)c3cccc4c3c3ccccc3n4-c3cccc(-c4ccccc4)c3-c3ccccc3)cc21. The largest absolute Gasteiger partial charge is 0.309 e. The molecule has 0 aliphatic heterocycles. The first-order chi connectivity index (χ1) is 29.1. The van der Waals surface area contributed by atoms with Crippen molar-refractivity contribution in [2.75, 3.05) is 4.90 Å². The van der Waals surface area contributed by atoms with Gasteiger partial charge in [0, 0.05) is 33.0 Å². The molecule has 2 nitrogen and oxygen atoms in total. The number of hydrogen-bond donors (Lipinski definition) is 0. The summed E-state index contributed by atoms with van der Waals surface area (Å²) in [6.45, 7) is 4.73. The van der Waals surface area contributed by atoms with Gasteiger partial charge < -0.3 is 9.47 Å². The molecule has 1 aliphatic rings. The molecule has 11 rings (SSSR count). The lowest BCUT2D eigenvalue weighted by Crippen LogP contribution is -2.17. The summed E-state index contributed by atoms with van der Waals surface area (Å²) in [6.07, 6.45) is 0. The van der Waals surface area contributed by atoms with E-state index in [0.717, 1.165) is 28.3 Å². The van der Waals surface area contributed by atoms with Crippen molar-refractivity contribution in [1.29, 1.82) is 0 Å². The Morgan fingerprint density at radius 2 is 0.932 bits per heavy atom. The number of anilines is 3. The fraction of sp³-hybridized carbons (Fsp3) is 0.0526. The van der Waals surface area contributed by atoms with Crippen LogP contribution in [0.4, 0.5) is 17.1 Å². The fourth-order valence-electron chi connectivity index (χ4n) is 9.71. The third kappa shape index (κ3) is 5.56. The molecule has 0 fully saturated rings. The van der Waals surface area contributed by atoms with Crippen LogP contribution in [0, 0.1) is 0 Å². The van der Waals surface area contributed by atoms with Crippen molar-refractivity contribution >= 4 is 38.9 Å². The number of para-hydroxylation sites is 2. The Kier molecular flexibility index (Phi) is 8.20. The summed E-state index contributed by atoms with van der Waals surface area (Å²) >= 11 is 0.